The van der Waals surface area contributed by atoms with E-state index in [2.05, 4.69) is 4.98 Å². The molecule has 2 N–H and O–H groups in total. The van der Waals surface area contributed by atoms with Crippen molar-refractivity contribution in [1.29, 1.82) is 0 Å². The van der Waals surface area contributed by atoms with Gasteiger partial charge in [-0.15, -0.1) is 36.2 Å². The molecular weight excluding hydrogens is 384 g/mol. The van der Waals surface area contributed by atoms with Crippen LogP contribution in [0.3, 0.4) is 0 Å². The maximum absolute atomic E-state index is 13.0. The number of likely N-dealkylation sites (tertiary alicyclic amines) is 1. The van der Waals surface area contributed by atoms with E-state index < -0.39 is 0 Å². The Morgan fingerprint density at radius 3 is 2.68 bits per heavy atom. The van der Waals surface area contributed by atoms with Crippen LogP contribution in [-0.4, -0.2) is 34.9 Å². The molecule has 0 radical (unpaired) electrons. The van der Waals surface area contributed by atoms with E-state index in [0.717, 1.165) is 30.0 Å². The second kappa shape index (κ2) is 9.48. The lowest BCUT2D eigenvalue weighted by Crippen LogP contribution is -2.45. The molecule has 1 aliphatic heterocycles. The highest BCUT2D eigenvalue weighted by Crippen LogP contribution is 2.26. The predicted molar refractivity (Wildman–Crippen MR) is 104 cm³/mol. The number of benzene rings is 1. The van der Waals surface area contributed by atoms with Crippen LogP contribution in [0.1, 0.15) is 30.3 Å². The van der Waals surface area contributed by atoms with E-state index >= 15 is 0 Å². The van der Waals surface area contributed by atoms with Crippen LogP contribution in [0.15, 0.2) is 29.6 Å². The molecule has 8 heteroatoms. The second-order valence-corrected chi connectivity index (χ2v) is 6.92. The quantitative estimate of drug-likeness (QED) is 0.839. The highest BCUT2D eigenvalue weighted by atomic mass is 35.5. The number of rotatable bonds is 3. The lowest BCUT2D eigenvalue weighted by Gasteiger charge is -2.34. The molecule has 2 unspecified atom stereocenters. The number of piperidine rings is 1. The highest BCUT2D eigenvalue weighted by Gasteiger charge is 2.27. The minimum atomic E-state index is -0.281. The largest absolute Gasteiger partial charge is 0.337 e. The van der Waals surface area contributed by atoms with E-state index in [1.54, 1.807) is 17.5 Å². The summed E-state index contributed by atoms with van der Waals surface area (Å²) in [7, 11) is 0. The summed E-state index contributed by atoms with van der Waals surface area (Å²) in [5.41, 5.74) is 7.26. The fraction of sp³-hybridized carbons (Fsp3) is 0.412. The van der Waals surface area contributed by atoms with E-state index in [-0.39, 0.29) is 42.6 Å². The molecule has 0 saturated carbocycles. The number of nitrogens with zero attached hydrogens (tertiary/aromatic N) is 2. The monoisotopic (exact) mass is 405 g/mol. The first-order valence-electron chi connectivity index (χ1n) is 7.81. The molecule has 2 heterocycles. The first-order chi connectivity index (χ1) is 11.0. The Morgan fingerprint density at radius 1 is 1.36 bits per heavy atom. The Labute approximate surface area is 163 Å². The molecule has 2 aromatic rings. The zero-order valence-corrected chi connectivity index (χ0v) is 16.3. The van der Waals surface area contributed by atoms with Crippen LogP contribution in [0, 0.1) is 11.7 Å². The minimum Gasteiger partial charge on any atom is -0.337 e. The van der Waals surface area contributed by atoms with Gasteiger partial charge in [-0.25, -0.2) is 9.37 Å². The van der Waals surface area contributed by atoms with Crippen molar-refractivity contribution in [3.05, 3.63) is 41.2 Å². The number of halogens is 3. The molecule has 3 rings (SSSR count). The van der Waals surface area contributed by atoms with Gasteiger partial charge in [0.25, 0.3) is 5.91 Å². The minimum absolute atomic E-state index is 0. The molecule has 0 spiro atoms. The SMILES string of the molecule is CC(N)C1CCCN(C(=O)c2csc(-c3ccc(F)cc3)n2)C1.Cl.Cl. The number of nitrogens with two attached hydrogens (primary N) is 1. The first-order valence-corrected chi connectivity index (χ1v) is 8.69. The molecule has 0 bridgehead atoms. The molecule has 1 aliphatic rings. The molecule has 1 saturated heterocycles. The third-order valence-electron chi connectivity index (χ3n) is 4.30. The summed E-state index contributed by atoms with van der Waals surface area (Å²) in [6, 6.07) is 6.24. The van der Waals surface area contributed by atoms with E-state index in [1.165, 1.54) is 23.5 Å². The van der Waals surface area contributed by atoms with Gasteiger partial charge in [-0.2, -0.15) is 0 Å². The molecule has 1 aromatic heterocycles. The maximum Gasteiger partial charge on any atom is 0.273 e. The van der Waals surface area contributed by atoms with Crippen molar-refractivity contribution in [2.75, 3.05) is 13.1 Å². The predicted octanol–water partition coefficient (Wildman–Crippen LogP) is 3.99. The van der Waals surface area contributed by atoms with Crippen molar-refractivity contribution in [2.45, 2.75) is 25.8 Å². The average Bonchev–Trinajstić information content (AvgIpc) is 3.05. The highest BCUT2D eigenvalue weighted by molar-refractivity contribution is 7.13. The van der Waals surface area contributed by atoms with E-state index in [4.69, 9.17) is 5.73 Å². The third-order valence-corrected chi connectivity index (χ3v) is 5.19. The van der Waals surface area contributed by atoms with Gasteiger partial charge in [-0.1, -0.05) is 0 Å². The number of amides is 1. The Morgan fingerprint density at radius 2 is 2.04 bits per heavy atom. The van der Waals surface area contributed by atoms with Gasteiger partial charge in [-0.05, 0) is 49.9 Å². The number of hydrogen-bond acceptors (Lipinski definition) is 4. The van der Waals surface area contributed by atoms with Gasteiger partial charge in [0.2, 0.25) is 0 Å². The molecule has 2 atom stereocenters. The van der Waals surface area contributed by atoms with E-state index in [1.807, 2.05) is 11.8 Å². The second-order valence-electron chi connectivity index (χ2n) is 6.06. The summed E-state index contributed by atoms with van der Waals surface area (Å²) in [5.74, 6) is 0.0275. The lowest BCUT2D eigenvalue weighted by molar-refractivity contribution is 0.0656. The average molecular weight is 406 g/mol. The van der Waals surface area contributed by atoms with Crippen molar-refractivity contribution in [2.24, 2.45) is 11.7 Å². The zero-order valence-electron chi connectivity index (χ0n) is 13.9. The zero-order chi connectivity index (χ0) is 16.4. The molecule has 138 valence electrons. The van der Waals surface area contributed by atoms with Crippen molar-refractivity contribution in [1.82, 2.24) is 9.88 Å². The molecular formula is C17H22Cl2FN3OS. The summed E-state index contributed by atoms with van der Waals surface area (Å²) in [4.78, 5) is 18.9. The van der Waals surface area contributed by atoms with Gasteiger partial charge in [0, 0.05) is 30.1 Å². The number of thiazole rings is 1. The lowest BCUT2D eigenvalue weighted by atomic mass is 9.92. The van der Waals surface area contributed by atoms with Crippen LogP contribution in [0.5, 0.6) is 0 Å². The summed E-state index contributed by atoms with van der Waals surface area (Å²) < 4.78 is 13.0. The van der Waals surface area contributed by atoms with Crippen molar-refractivity contribution in [3.63, 3.8) is 0 Å². The van der Waals surface area contributed by atoms with Gasteiger partial charge < -0.3 is 10.6 Å². The molecule has 25 heavy (non-hydrogen) atoms. The number of aromatic nitrogens is 1. The number of carbonyl (C=O) groups is 1. The van der Waals surface area contributed by atoms with Crippen LogP contribution in [0.25, 0.3) is 10.6 Å². The summed E-state index contributed by atoms with van der Waals surface area (Å²) in [6.07, 6.45) is 2.05. The first kappa shape index (κ1) is 21.8. The topological polar surface area (TPSA) is 59.2 Å². The van der Waals surface area contributed by atoms with Crippen LogP contribution in [0.2, 0.25) is 0 Å². The fourth-order valence-electron chi connectivity index (χ4n) is 2.88. The third kappa shape index (κ3) is 5.14. The Kier molecular flexibility index (Phi) is 8.28. The maximum atomic E-state index is 13.0. The van der Waals surface area contributed by atoms with E-state index in [9.17, 15) is 9.18 Å². The van der Waals surface area contributed by atoms with Crippen molar-refractivity contribution < 1.29 is 9.18 Å². The molecule has 0 aliphatic carbocycles. The van der Waals surface area contributed by atoms with Crippen LogP contribution >= 0.6 is 36.2 Å². The Balaban J connectivity index is 0.00000156. The summed E-state index contributed by atoms with van der Waals surface area (Å²) in [6.45, 7) is 3.44. The molecule has 1 amide bonds. The molecule has 4 nitrogen and oxygen atoms in total. The normalized spacial score (nSPS) is 18.0. The van der Waals surface area contributed by atoms with Gasteiger partial charge in [-0.3, -0.25) is 4.79 Å². The van der Waals surface area contributed by atoms with E-state index in [0.29, 0.717) is 18.2 Å². The van der Waals surface area contributed by atoms with Crippen molar-refractivity contribution in [3.8, 4) is 10.6 Å². The fourth-order valence-corrected chi connectivity index (χ4v) is 3.68. The summed E-state index contributed by atoms with van der Waals surface area (Å²) in [5, 5.41) is 2.50. The van der Waals surface area contributed by atoms with Gasteiger partial charge in [0.15, 0.2) is 0 Å². The van der Waals surface area contributed by atoms with Crippen LogP contribution in [-0.2, 0) is 0 Å². The Hall–Kier alpha value is -1.21. The number of hydrogen-bond donors (Lipinski definition) is 1. The Bertz CT molecular complexity index is 693. The molecule has 1 fully saturated rings. The van der Waals surface area contributed by atoms with Gasteiger partial charge >= 0.3 is 0 Å². The van der Waals surface area contributed by atoms with Crippen LogP contribution in [0.4, 0.5) is 4.39 Å². The summed E-state index contributed by atoms with van der Waals surface area (Å²) >= 11 is 1.40. The van der Waals surface area contributed by atoms with Gasteiger partial charge in [0.1, 0.15) is 16.5 Å². The van der Waals surface area contributed by atoms with Crippen molar-refractivity contribution >= 4 is 42.1 Å². The van der Waals surface area contributed by atoms with Crippen LogP contribution < -0.4 is 5.73 Å². The smallest absolute Gasteiger partial charge is 0.273 e. The molecule has 1 aromatic carbocycles. The van der Waals surface area contributed by atoms with Gasteiger partial charge in [0.05, 0.1) is 0 Å². The number of carbonyl (C=O) groups excluding carboxylic acids is 1. The standard InChI is InChI=1S/C17H20FN3OS.2ClH/c1-11(19)13-3-2-8-21(9-13)17(22)15-10-23-16(20-15)12-4-6-14(18)7-5-12;;/h4-7,10-11,13H,2-3,8-9,19H2,1H3;2*1H.